The molecule has 0 aromatic heterocycles. The van der Waals surface area contributed by atoms with E-state index in [9.17, 15) is 0 Å². The van der Waals surface area contributed by atoms with Gasteiger partial charge in [0, 0.05) is 0 Å². The maximum absolute atomic E-state index is 2.40. The van der Waals surface area contributed by atoms with Gasteiger partial charge in [0.05, 0.1) is 0 Å². The normalized spacial score (nSPS) is 33.8. The summed E-state index contributed by atoms with van der Waals surface area (Å²) in [5, 5.41) is 0. The van der Waals surface area contributed by atoms with Gasteiger partial charge in [-0.25, -0.2) is 0 Å². The van der Waals surface area contributed by atoms with E-state index in [0.29, 0.717) is 5.41 Å². The predicted octanol–water partition coefficient (Wildman–Crippen LogP) is 3.86. The summed E-state index contributed by atoms with van der Waals surface area (Å²) in [5.74, 6) is 1.96. The first kappa shape index (κ1) is 9.09. The van der Waals surface area contributed by atoms with Crippen LogP contribution in [0.4, 0.5) is 0 Å². The number of hydrogen-bond acceptors (Lipinski definition) is 0. The van der Waals surface area contributed by atoms with Crippen LogP contribution in [0.15, 0.2) is 0 Å². The molecule has 0 radical (unpaired) electrons. The van der Waals surface area contributed by atoms with Crippen LogP contribution in [0.5, 0.6) is 0 Å². The Hall–Kier alpha value is 0. The molecule has 2 atom stereocenters. The van der Waals surface area contributed by atoms with E-state index in [1.54, 1.807) is 0 Å². The molecule has 0 heteroatoms. The van der Waals surface area contributed by atoms with Gasteiger partial charge in [-0.3, -0.25) is 0 Å². The molecule has 1 aliphatic carbocycles. The van der Waals surface area contributed by atoms with Crippen molar-refractivity contribution < 1.29 is 0 Å². The van der Waals surface area contributed by atoms with Gasteiger partial charge in [0.15, 0.2) is 0 Å². The Balaban J connectivity index is 2.46. The van der Waals surface area contributed by atoms with Crippen LogP contribution in [-0.2, 0) is 0 Å². The molecule has 11 heavy (non-hydrogen) atoms. The second-order valence-corrected chi connectivity index (χ2v) is 5.33. The van der Waals surface area contributed by atoms with Crippen molar-refractivity contribution in [3.8, 4) is 0 Å². The van der Waals surface area contributed by atoms with Crippen molar-refractivity contribution in [2.24, 2.45) is 17.3 Å². The van der Waals surface area contributed by atoms with Crippen molar-refractivity contribution in [2.45, 2.75) is 53.4 Å². The van der Waals surface area contributed by atoms with Crippen molar-refractivity contribution in [1.29, 1.82) is 0 Å². The monoisotopic (exact) mass is 154 g/mol. The van der Waals surface area contributed by atoms with Crippen LogP contribution in [0, 0.1) is 17.3 Å². The summed E-state index contributed by atoms with van der Waals surface area (Å²) in [6.07, 6.45) is 5.85. The van der Waals surface area contributed by atoms with Gasteiger partial charge < -0.3 is 0 Å². The standard InChI is InChI=1S/C11H22/c1-9-6-5-7-10(8-9)11(2,3)4/h9-10H,5-8H2,1-4H3/t9-,10?/m0/s1. The van der Waals surface area contributed by atoms with Gasteiger partial charge in [-0.05, 0) is 30.1 Å². The molecule has 1 fully saturated rings. The Morgan fingerprint density at radius 2 is 1.73 bits per heavy atom. The summed E-state index contributed by atoms with van der Waals surface area (Å²) in [6, 6.07) is 0. The third kappa shape index (κ3) is 2.50. The highest BCUT2D eigenvalue weighted by Gasteiger charge is 2.28. The zero-order chi connectivity index (χ0) is 8.48. The zero-order valence-electron chi connectivity index (χ0n) is 8.48. The van der Waals surface area contributed by atoms with Crippen molar-refractivity contribution in [2.75, 3.05) is 0 Å². The molecule has 66 valence electrons. The summed E-state index contributed by atoms with van der Waals surface area (Å²) in [7, 11) is 0. The van der Waals surface area contributed by atoms with Gasteiger partial charge in [0.2, 0.25) is 0 Å². The molecule has 0 nitrogen and oxygen atoms in total. The fourth-order valence-corrected chi connectivity index (χ4v) is 2.22. The van der Waals surface area contributed by atoms with Crippen molar-refractivity contribution in [1.82, 2.24) is 0 Å². The van der Waals surface area contributed by atoms with Crippen molar-refractivity contribution in [3.05, 3.63) is 0 Å². The first-order chi connectivity index (χ1) is 5.00. The van der Waals surface area contributed by atoms with Crippen LogP contribution >= 0.6 is 0 Å². The van der Waals surface area contributed by atoms with Crippen LogP contribution in [0.25, 0.3) is 0 Å². The van der Waals surface area contributed by atoms with Gasteiger partial charge in [0.25, 0.3) is 0 Å². The molecule has 1 rings (SSSR count). The lowest BCUT2D eigenvalue weighted by atomic mass is 9.69. The largest absolute Gasteiger partial charge is 0.0625 e. The van der Waals surface area contributed by atoms with Crippen LogP contribution in [0.2, 0.25) is 0 Å². The molecule has 0 spiro atoms. The Labute approximate surface area is 71.4 Å². The molecule has 1 unspecified atom stereocenters. The van der Waals surface area contributed by atoms with Crippen LogP contribution < -0.4 is 0 Å². The molecule has 0 heterocycles. The first-order valence-corrected chi connectivity index (χ1v) is 5.00. The molecular formula is C11H22. The Bertz CT molecular complexity index is 118. The molecule has 0 aromatic carbocycles. The minimum atomic E-state index is 0.550. The minimum Gasteiger partial charge on any atom is -0.0625 e. The summed E-state index contributed by atoms with van der Waals surface area (Å²) in [4.78, 5) is 0. The van der Waals surface area contributed by atoms with Crippen molar-refractivity contribution >= 4 is 0 Å². The average molecular weight is 154 g/mol. The SMILES string of the molecule is C[C@H]1CCCC(C(C)(C)C)C1. The van der Waals surface area contributed by atoms with Gasteiger partial charge in [-0.15, -0.1) is 0 Å². The van der Waals surface area contributed by atoms with Crippen LogP contribution in [0.1, 0.15) is 53.4 Å². The molecule has 0 aliphatic heterocycles. The van der Waals surface area contributed by atoms with Crippen molar-refractivity contribution in [3.63, 3.8) is 0 Å². The second-order valence-electron chi connectivity index (χ2n) is 5.33. The summed E-state index contributed by atoms with van der Waals surface area (Å²) < 4.78 is 0. The Morgan fingerprint density at radius 1 is 1.09 bits per heavy atom. The van der Waals surface area contributed by atoms with Gasteiger partial charge in [-0.2, -0.15) is 0 Å². The van der Waals surface area contributed by atoms with Gasteiger partial charge in [-0.1, -0.05) is 40.5 Å². The summed E-state index contributed by atoms with van der Waals surface area (Å²) >= 11 is 0. The fourth-order valence-electron chi connectivity index (χ4n) is 2.22. The predicted molar refractivity (Wildman–Crippen MR) is 50.6 cm³/mol. The fraction of sp³-hybridized carbons (Fsp3) is 1.00. The molecule has 0 bridgehead atoms. The Morgan fingerprint density at radius 3 is 2.09 bits per heavy atom. The highest BCUT2D eigenvalue weighted by Crippen LogP contribution is 2.39. The van der Waals surface area contributed by atoms with E-state index in [1.165, 1.54) is 25.7 Å². The smallest absolute Gasteiger partial charge is 0.0354 e. The lowest BCUT2D eigenvalue weighted by Gasteiger charge is -2.36. The van der Waals surface area contributed by atoms with E-state index in [4.69, 9.17) is 0 Å². The summed E-state index contributed by atoms with van der Waals surface area (Å²) in [5.41, 5.74) is 0.550. The van der Waals surface area contributed by atoms with Crippen LogP contribution in [0.3, 0.4) is 0 Å². The maximum Gasteiger partial charge on any atom is -0.0354 e. The third-order valence-electron chi connectivity index (χ3n) is 3.16. The highest BCUT2D eigenvalue weighted by atomic mass is 14.3. The number of rotatable bonds is 0. The van der Waals surface area contributed by atoms with Crippen LogP contribution in [-0.4, -0.2) is 0 Å². The molecule has 0 amide bonds. The van der Waals surface area contributed by atoms with E-state index in [-0.39, 0.29) is 0 Å². The highest BCUT2D eigenvalue weighted by molar-refractivity contribution is 4.79. The lowest BCUT2D eigenvalue weighted by Crippen LogP contribution is -2.25. The van der Waals surface area contributed by atoms with Gasteiger partial charge >= 0.3 is 0 Å². The second kappa shape index (κ2) is 3.16. The maximum atomic E-state index is 2.40. The van der Waals surface area contributed by atoms with E-state index >= 15 is 0 Å². The molecular weight excluding hydrogens is 132 g/mol. The van der Waals surface area contributed by atoms with E-state index in [2.05, 4.69) is 27.7 Å². The molecule has 0 aromatic rings. The van der Waals surface area contributed by atoms with E-state index in [0.717, 1.165) is 11.8 Å². The number of hydrogen-bond donors (Lipinski definition) is 0. The van der Waals surface area contributed by atoms with E-state index in [1.807, 2.05) is 0 Å². The summed E-state index contributed by atoms with van der Waals surface area (Å²) in [6.45, 7) is 9.55. The average Bonchev–Trinajstić information content (AvgIpc) is 1.86. The molecule has 0 saturated heterocycles. The molecule has 1 aliphatic rings. The minimum absolute atomic E-state index is 0.550. The lowest BCUT2D eigenvalue weighted by molar-refractivity contribution is 0.148. The third-order valence-corrected chi connectivity index (χ3v) is 3.16. The van der Waals surface area contributed by atoms with Gasteiger partial charge in [0.1, 0.15) is 0 Å². The quantitative estimate of drug-likeness (QED) is 0.497. The zero-order valence-corrected chi connectivity index (χ0v) is 8.48. The first-order valence-electron chi connectivity index (χ1n) is 5.00. The molecule has 1 saturated carbocycles. The van der Waals surface area contributed by atoms with E-state index < -0.39 is 0 Å². The molecule has 0 N–H and O–H groups in total. The topological polar surface area (TPSA) is 0 Å². The Kier molecular flexibility index (Phi) is 2.61.